The SMILES string of the molecule is C=CC[PH](=O)[O-].C=CC[PH](=O)[O-].[Zn+2]. The molecule has 13 heavy (non-hydrogen) atoms. The number of rotatable bonds is 4. The van der Waals surface area contributed by atoms with Crippen molar-refractivity contribution in [1.82, 2.24) is 0 Å². The van der Waals surface area contributed by atoms with Gasteiger partial charge in [-0.3, -0.25) is 0 Å². The normalized spacial score (nSPS) is 12.5. The standard InChI is InChI=1S/2C3H7O2P.Zn/c2*1-2-3-6(4)5;/h2*2,6H,1,3H2,(H,4,5);/q;;+2/p-2. The van der Waals surface area contributed by atoms with E-state index in [1.54, 1.807) is 0 Å². The Labute approximate surface area is 92.2 Å². The minimum atomic E-state index is -2.50. The van der Waals surface area contributed by atoms with Gasteiger partial charge in [-0.2, -0.15) is 0 Å². The minimum absolute atomic E-state index is 0. The molecule has 0 spiro atoms. The van der Waals surface area contributed by atoms with Gasteiger partial charge in [0.15, 0.2) is 0 Å². The Kier molecular flexibility index (Phi) is 22.0. The van der Waals surface area contributed by atoms with E-state index in [0.29, 0.717) is 0 Å². The zero-order chi connectivity index (χ0) is 9.98. The summed E-state index contributed by atoms with van der Waals surface area (Å²) in [5.74, 6) is 0. The van der Waals surface area contributed by atoms with Crippen LogP contribution in [-0.2, 0) is 28.6 Å². The molecule has 72 valence electrons. The first-order chi connectivity index (χ1) is 5.54. The maximum absolute atomic E-state index is 9.60. The summed E-state index contributed by atoms with van der Waals surface area (Å²) in [5, 5.41) is 0. The number of hydrogen-bond acceptors (Lipinski definition) is 4. The molecule has 0 aromatic rings. The predicted octanol–water partition coefficient (Wildman–Crippen LogP) is 0.0123. The van der Waals surface area contributed by atoms with Gasteiger partial charge in [0.05, 0.1) is 0 Å². The van der Waals surface area contributed by atoms with E-state index in [4.69, 9.17) is 0 Å². The Morgan fingerprint density at radius 1 is 1.00 bits per heavy atom. The smallest absolute Gasteiger partial charge is 0.801 e. The van der Waals surface area contributed by atoms with Gasteiger partial charge >= 0.3 is 19.5 Å². The van der Waals surface area contributed by atoms with Crippen LogP contribution in [0.15, 0.2) is 25.3 Å². The molecule has 0 aliphatic heterocycles. The Balaban J connectivity index is -0.000000143. The van der Waals surface area contributed by atoms with Crippen LogP contribution < -0.4 is 9.79 Å². The van der Waals surface area contributed by atoms with E-state index in [1.807, 2.05) is 0 Å². The van der Waals surface area contributed by atoms with E-state index in [2.05, 4.69) is 13.2 Å². The van der Waals surface area contributed by atoms with Crippen LogP contribution >= 0.6 is 16.1 Å². The van der Waals surface area contributed by atoms with Crippen LogP contribution in [0.2, 0.25) is 0 Å². The predicted molar refractivity (Wildman–Crippen MR) is 48.1 cm³/mol. The molecule has 0 heterocycles. The van der Waals surface area contributed by atoms with E-state index < -0.39 is 16.1 Å². The summed E-state index contributed by atoms with van der Waals surface area (Å²) >= 11 is 0. The van der Waals surface area contributed by atoms with Gasteiger partial charge < -0.3 is 18.9 Å². The first kappa shape index (κ1) is 19.1. The molecule has 0 fully saturated rings. The van der Waals surface area contributed by atoms with Crippen molar-refractivity contribution in [2.24, 2.45) is 0 Å². The molecule has 2 atom stereocenters. The zero-order valence-electron chi connectivity index (χ0n) is 7.32. The van der Waals surface area contributed by atoms with Crippen molar-refractivity contribution in [2.75, 3.05) is 12.3 Å². The Morgan fingerprint density at radius 2 is 1.23 bits per heavy atom. The van der Waals surface area contributed by atoms with Crippen molar-refractivity contribution in [3.05, 3.63) is 25.3 Å². The monoisotopic (exact) mass is 274 g/mol. The molecular formula is C6H12O4P2Zn. The molecule has 0 saturated carbocycles. The summed E-state index contributed by atoms with van der Waals surface area (Å²) in [6, 6.07) is 0. The van der Waals surface area contributed by atoms with Gasteiger partial charge in [0.1, 0.15) is 0 Å². The van der Waals surface area contributed by atoms with Crippen molar-refractivity contribution >= 4 is 16.1 Å². The van der Waals surface area contributed by atoms with Crippen LogP contribution in [0.3, 0.4) is 0 Å². The second kappa shape index (κ2) is 15.0. The van der Waals surface area contributed by atoms with Gasteiger partial charge in [-0.05, 0) is 0 Å². The van der Waals surface area contributed by atoms with Gasteiger partial charge in [0.25, 0.3) is 0 Å². The van der Waals surface area contributed by atoms with E-state index in [1.165, 1.54) is 12.2 Å². The minimum Gasteiger partial charge on any atom is -0.801 e. The summed E-state index contributed by atoms with van der Waals surface area (Å²) in [4.78, 5) is 19.2. The van der Waals surface area contributed by atoms with Gasteiger partial charge in [-0.1, -0.05) is 12.2 Å². The van der Waals surface area contributed by atoms with Gasteiger partial charge in [-0.25, -0.2) is 0 Å². The molecule has 0 aliphatic carbocycles. The molecule has 0 aliphatic rings. The molecule has 0 N–H and O–H groups in total. The second-order valence-corrected chi connectivity index (χ2v) is 4.03. The Hall–Kier alpha value is 0.483. The largest absolute Gasteiger partial charge is 2.00 e. The molecule has 7 heteroatoms. The molecule has 4 nitrogen and oxygen atoms in total. The summed E-state index contributed by atoms with van der Waals surface area (Å²) in [5.41, 5.74) is 0. The van der Waals surface area contributed by atoms with E-state index in [0.717, 1.165) is 0 Å². The van der Waals surface area contributed by atoms with E-state index in [-0.39, 0.29) is 31.8 Å². The van der Waals surface area contributed by atoms with Crippen molar-refractivity contribution in [2.45, 2.75) is 0 Å². The first-order valence-corrected chi connectivity index (χ1v) is 6.20. The number of hydrogen-bond donors (Lipinski definition) is 0. The third kappa shape index (κ3) is 32.6. The fraction of sp³-hybridized carbons (Fsp3) is 0.333. The maximum atomic E-state index is 9.60. The van der Waals surface area contributed by atoms with Crippen LogP contribution in [-0.4, -0.2) is 12.3 Å². The van der Waals surface area contributed by atoms with Crippen LogP contribution in [0, 0.1) is 0 Å². The van der Waals surface area contributed by atoms with Crippen LogP contribution in [0.1, 0.15) is 0 Å². The molecule has 0 amide bonds. The van der Waals surface area contributed by atoms with Crippen molar-refractivity contribution in [1.29, 1.82) is 0 Å². The van der Waals surface area contributed by atoms with Gasteiger partial charge in [0, 0.05) is 28.4 Å². The summed E-state index contributed by atoms with van der Waals surface area (Å²) in [6.45, 7) is 6.45. The topological polar surface area (TPSA) is 80.3 Å². The molecule has 0 rings (SSSR count). The summed E-state index contributed by atoms with van der Waals surface area (Å²) in [7, 11) is -5.01. The van der Waals surface area contributed by atoms with Crippen molar-refractivity contribution in [3.8, 4) is 0 Å². The fourth-order valence-corrected chi connectivity index (χ4v) is 0.707. The molecule has 2 unspecified atom stereocenters. The van der Waals surface area contributed by atoms with Gasteiger partial charge in [-0.15, -0.1) is 13.2 Å². The molecular weight excluding hydrogens is 263 g/mol. The number of allylic oxidation sites excluding steroid dienone is 2. The second-order valence-electron chi connectivity index (χ2n) is 1.73. The summed E-state index contributed by atoms with van der Waals surface area (Å²) in [6.07, 6.45) is 3.00. The third-order valence-electron chi connectivity index (χ3n) is 0.622. The summed E-state index contributed by atoms with van der Waals surface area (Å²) < 4.78 is 19.2. The molecule has 0 saturated heterocycles. The average molecular weight is 275 g/mol. The Morgan fingerprint density at radius 3 is 1.23 bits per heavy atom. The van der Waals surface area contributed by atoms with Crippen molar-refractivity contribution in [3.63, 3.8) is 0 Å². The van der Waals surface area contributed by atoms with Crippen LogP contribution in [0.4, 0.5) is 0 Å². The zero-order valence-corrected chi connectivity index (χ0v) is 12.3. The van der Waals surface area contributed by atoms with E-state index in [9.17, 15) is 18.9 Å². The maximum Gasteiger partial charge on any atom is 2.00 e. The molecule has 0 aromatic heterocycles. The quantitative estimate of drug-likeness (QED) is 0.411. The average Bonchev–Trinajstić information content (AvgIpc) is 1.87. The van der Waals surface area contributed by atoms with E-state index >= 15 is 0 Å². The van der Waals surface area contributed by atoms with Gasteiger partial charge in [0.2, 0.25) is 0 Å². The molecule has 0 bridgehead atoms. The van der Waals surface area contributed by atoms with Crippen LogP contribution in [0.5, 0.6) is 0 Å². The molecule has 0 aromatic carbocycles. The molecule has 0 radical (unpaired) electrons. The third-order valence-corrected chi connectivity index (χ3v) is 1.87. The first-order valence-electron chi connectivity index (χ1n) is 3.16. The fourth-order valence-electron chi connectivity index (χ4n) is 0.236. The Bertz CT molecular complexity index is 163. The van der Waals surface area contributed by atoms with Crippen LogP contribution in [0.25, 0.3) is 0 Å². The van der Waals surface area contributed by atoms with Crippen molar-refractivity contribution < 1.29 is 38.4 Å².